The van der Waals surface area contributed by atoms with Crippen molar-refractivity contribution >= 4 is 5.91 Å². The Morgan fingerprint density at radius 1 is 1.20 bits per heavy atom. The first kappa shape index (κ1) is 13.6. The van der Waals surface area contributed by atoms with Gasteiger partial charge in [0.2, 0.25) is 0 Å². The molecule has 1 spiro atoms. The van der Waals surface area contributed by atoms with Crippen LogP contribution in [0.2, 0.25) is 0 Å². The van der Waals surface area contributed by atoms with Crippen LogP contribution >= 0.6 is 0 Å². The second-order valence-corrected chi connectivity index (χ2v) is 5.74. The lowest BCUT2D eigenvalue weighted by Gasteiger charge is -2.37. The predicted octanol–water partition coefficient (Wildman–Crippen LogP) is 1.62. The standard InChI is InChI=1S/C15H22N2O3/c1-11-10-13(12(2)16(11)3)14(18)17-6-4-15(5-7-17)19-8-9-20-15/h10H,4-9H2,1-3H3. The molecule has 2 aliphatic heterocycles. The lowest BCUT2D eigenvalue weighted by Crippen LogP contribution is -2.47. The van der Waals surface area contributed by atoms with Gasteiger partial charge in [0, 0.05) is 44.4 Å². The average molecular weight is 278 g/mol. The third-order valence-corrected chi connectivity index (χ3v) is 4.63. The van der Waals surface area contributed by atoms with Crippen LogP contribution in [-0.2, 0) is 16.5 Å². The summed E-state index contributed by atoms with van der Waals surface area (Å²) in [5, 5.41) is 0. The first-order valence-electron chi connectivity index (χ1n) is 7.22. The molecule has 20 heavy (non-hydrogen) atoms. The summed E-state index contributed by atoms with van der Waals surface area (Å²) in [6.07, 6.45) is 1.53. The van der Waals surface area contributed by atoms with Gasteiger partial charge in [-0.15, -0.1) is 0 Å². The Kier molecular flexibility index (Phi) is 3.34. The van der Waals surface area contributed by atoms with Crippen molar-refractivity contribution < 1.29 is 14.3 Å². The molecule has 3 rings (SSSR count). The van der Waals surface area contributed by atoms with Crippen molar-refractivity contribution in [2.24, 2.45) is 7.05 Å². The van der Waals surface area contributed by atoms with E-state index in [9.17, 15) is 4.79 Å². The van der Waals surface area contributed by atoms with Crippen molar-refractivity contribution in [2.45, 2.75) is 32.5 Å². The normalized spacial score (nSPS) is 21.6. The van der Waals surface area contributed by atoms with Crippen LogP contribution in [0.3, 0.4) is 0 Å². The molecule has 5 heteroatoms. The Labute approximate surface area is 119 Å². The van der Waals surface area contributed by atoms with Crippen LogP contribution in [0.15, 0.2) is 6.07 Å². The molecule has 2 aliphatic rings. The van der Waals surface area contributed by atoms with E-state index >= 15 is 0 Å². The second-order valence-electron chi connectivity index (χ2n) is 5.74. The molecule has 1 aromatic heterocycles. The van der Waals surface area contributed by atoms with Gasteiger partial charge in [-0.2, -0.15) is 0 Å². The second kappa shape index (κ2) is 4.90. The van der Waals surface area contributed by atoms with E-state index in [2.05, 4.69) is 4.57 Å². The van der Waals surface area contributed by atoms with E-state index in [1.54, 1.807) is 0 Å². The Bertz CT molecular complexity index is 519. The van der Waals surface area contributed by atoms with E-state index in [1.807, 2.05) is 31.9 Å². The summed E-state index contributed by atoms with van der Waals surface area (Å²) in [6, 6.07) is 1.98. The van der Waals surface area contributed by atoms with Gasteiger partial charge in [-0.05, 0) is 19.9 Å². The van der Waals surface area contributed by atoms with Crippen molar-refractivity contribution in [2.75, 3.05) is 26.3 Å². The number of aromatic nitrogens is 1. The molecular weight excluding hydrogens is 256 g/mol. The molecule has 0 bridgehead atoms. The Morgan fingerprint density at radius 3 is 2.30 bits per heavy atom. The van der Waals surface area contributed by atoms with Crippen LogP contribution in [0.5, 0.6) is 0 Å². The maximum absolute atomic E-state index is 12.6. The first-order valence-corrected chi connectivity index (χ1v) is 7.22. The van der Waals surface area contributed by atoms with E-state index in [0.29, 0.717) is 26.3 Å². The van der Waals surface area contributed by atoms with E-state index in [4.69, 9.17) is 9.47 Å². The van der Waals surface area contributed by atoms with Crippen molar-refractivity contribution in [1.82, 2.24) is 9.47 Å². The number of hydrogen-bond donors (Lipinski definition) is 0. The molecule has 0 radical (unpaired) electrons. The highest BCUT2D eigenvalue weighted by atomic mass is 16.7. The average Bonchev–Trinajstić information content (AvgIpc) is 3.00. The van der Waals surface area contributed by atoms with Crippen LogP contribution in [-0.4, -0.2) is 47.5 Å². The molecule has 0 aliphatic carbocycles. The summed E-state index contributed by atoms with van der Waals surface area (Å²) < 4.78 is 13.5. The highest BCUT2D eigenvalue weighted by molar-refractivity contribution is 5.95. The smallest absolute Gasteiger partial charge is 0.255 e. The van der Waals surface area contributed by atoms with E-state index < -0.39 is 5.79 Å². The number of carbonyl (C=O) groups is 1. The fourth-order valence-electron chi connectivity index (χ4n) is 3.08. The van der Waals surface area contributed by atoms with Crippen LogP contribution < -0.4 is 0 Å². The van der Waals surface area contributed by atoms with E-state index in [0.717, 1.165) is 29.8 Å². The molecule has 0 atom stereocenters. The zero-order valence-electron chi connectivity index (χ0n) is 12.4. The minimum absolute atomic E-state index is 0.124. The molecule has 1 aromatic rings. The largest absolute Gasteiger partial charge is 0.351 e. The molecular formula is C15H22N2O3. The number of amides is 1. The molecule has 0 N–H and O–H groups in total. The summed E-state index contributed by atoms with van der Waals surface area (Å²) in [4.78, 5) is 14.5. The highest BCUT2D eigenvalue weighted by Gasteiger charge is 2.41. The summed E-state index contributed by atoms with van der Waals surface area (Å²) in [7, 11) is 1.99. The van der Waals surface area contributed by atoms with Gasteiger partial charge in [0.25, 0.3) is 5.91 Å². The summed E-state index contributed by atoms with van der Waals surface area (Å²) in [5.41, 5.74) is 2.96. The minimum Gasteiger partial charge on any atom is -0.351 e. The number of hydrogen-bond acceptors (Lipinski definition) is 3. The number of likely N-dealkylation sites (tertiary alicyclic amines) is 1. The van der Waals surface area contributed by atoms with E-state index in [1.165, 1.54) is 0 Å². The SMILES string of the molecule is Cc1cc(C(=O)N2CCC3(CC2)OCCO3)c(C)n1C. The van der Waals surface area contributed by atoms with Gasteiger partial charge in [0.1, 0.15) is 0 Å². The van der Waals surface area contributed by atoms with Gasteiger partial charge in [-0.1, -0.05) is 0 Å². The molecule has 0 saturated carbocycles. The molecule has 2 saturated heterocycles. The Morgan fingerprint density at radius 2 is 1.80 bits per heavy atom. The van der Waals surface area contributed by atoms with E-state index in [-0.39, 0.29) is 5.91 Å². The summed E-state index contributed by atoms with van der Waals surface area (Å²) in [6.45, 7) is 6.76. The van der Waals surface area contributed by atoms with Crippen LogP contribution in [0.25, 0.3) is 0 Å². The molecule has 0 unspecified atom stereocenters. The van der Waals surface area contributed by atoms with Crippen LogP contribution in [0.4, 0.5) is 0 Å². The summed E-state index contributed by atoms with van der Waals surface area (Å²) >= 11 is 0. The van der Waals surface area contributed by atoms with Gasteiger partial charge in [0.15, 0.2) is 5.79 Å². The topological polar surface area (TPSA) is 43.7 Å². The predicted molar refractivity (Wildman–Crippen MR) is 74.7 cm³/mol. The van der Waals surface area contributed by atoms with Gasteiger partial charge >= 0.3 is 0 Å². The van der Waals surface area contributed by atoms with Gasteiger partial charge in [-0.25, -0.2) is 0 Å². The highest BCUT2D eigenvalue weighted by Crippen LogP contribution is 2.32. The van der Waals surface area contributed by atoms with Crippen molar-refractivity contribution in [3.8, 4) is 0 Å². The van der Waals surface area contributed by atoms with Gasteiger partial charge < -0.3 is 18.9 Å². The molecule has 110 valence electrons. The van der Waals surface area contributed by atoms with Crippen LogP contribution in [0.1, 0.15) is 34.6 Å². The lowest BCUT2D eigenvalue weighted by molar-refractivity contribution is -0.181. The van der Waals surface area contributed by atoms with Crippen molar-refractivity contribution in [3.63, 3.8) is 0 Å². The summed E-state index contributed by atoms with van der Waals surface area (Å²) in [5.74, 6) is -0.294. The molecule has 5 nitrogen and oxygen atoms in total. The molecule has 1 amide bonds. The zero-order chi connectivity index (χ0) is 14.3. The fourth-order valence-corrected chi connectivity index (χ4v) is 3.08. The fraction of sp³-hybridized carbons (Fsp3) is 0.667. The van der Waals surface area contributed by atoms with Crippen LogP contribution in [0, 0.1) is 13.8 Å². The number of piperidine rings is 1. The Balaban J connectivity index is 1.71. The van der Waals surface area contributed by atoms with Gasteiger partial charge in [-0.3, -0.25) is 4.79 Å². The number of carbonyl (C=O) groups excluding carboxylic acids is 1. The maximum Gasteiger partial charge on any atom is 0.255 e. The maximum atomic E-state index is 12.6. The monoisotopic (exact) mass is 278 g/mol. The Hall–Kier alpha value is -1.33. The third-order valence-electron chi connectivity index (χ3n) is 4.63. The quantitative estimate of drug-likeness (QED) is 0.784. The van der Waals surface area contributed by atoms with Crippen molar-refractivity contribution in [3.05, 3.63) is 23.0 Å². The number of ether oxygens (including phenoxy) is 2. The van der Waals surface area contributed by atoms with Crippen molar-refractivity contribution in [1.29, 1.82) is 0 Å². The number of rotatable bonds is 1. The third kappa shape index (κ3) is 2.15. The molecule has 3 heterocycles. The van der Waals surface area contributed by atoms with Gasteiger partial charge in [0.05, 0.1) is 18.8 Å². The number of aryl methyl sites for hydroxylation is 1. The molecule has 0 aromatic carbocycles. The minimum atomic E-state index is -0.418. The number of nitrogens with zero attached hydrogens (tertiary/aromatic N) is 2. The molecule has 2 fully saturated rings. The zero-order valence-corrected chi connectivity index (χ0v) is 12.4. The first-order chi connectivity index (χ1) is 9.52. The lowest BCUT2D eigenvalue weighted by atomic mass is 10.0.